The summed E-state index contributed by atoms with van der Waals surface area (Å²) in [7, 11) is 3.21. The summed E-state index contributed by atoms with van der Waals surface area (Å²) in [5.41, 5.74) is 1.39. The lowest BCUT2D eigenvalue weighted by molar-refractivity contribution is -0.123. The second-order valence-electron chi connectivity index (χ2n) is 7.26. The minimum absolute atomic E-state index is 0.0293. The number of hydrogen-bond donors (Lipinski definition) is 2. The van der Waals surface area contributed by atoms with Crippen molar-refractivity contribution in [2.24, 2.45) is 0 Å². The second kappa shape index (κ2) is 10.4. The molecule has 0 fully saturated rings. The van der Waals surface area contributed by atoms with E-state index in [1.54, 1.807) is 30.1 Å². The molecule has 9 heteroatoms. The highest BCUT2D eigenvalue weighted by Gasteiger charge is 2.17. The lowest BCUT2D eigenvalue weighted by Gasteiger charge is -2.22. The first-order valence-corrected chi connectivity index (χ1v) is 10.2. The van der Waals surface area contributed by atoms with Crippen LogP contribution in [0.2, 0.25) is 5.02 Å². The molecule has 3 rings (SSSR count). The van der Waals surface area contributed by atoms with Crippen LogP contribution in [0.4, 0.5) is 5.69 Å². The Labute approximate surface area is 186 Å². The number of carbonyl (C=O) groups excluding carboxylic acids is 2. The number of halogens is 1. The molecule has 2 N–H and O–H groups in total. The number of rotatable bonds is 8. The lowest BCUT2D eigenvalue weighted by Crippen LogP contribution is -2.39. The number of hydrogen-bond acceptors (Lipinski definition) is 6. The molecule has 8 nitrogen and oxygen atoms in total. The highest BCUT2D eigenvalue weighted by atomic mass is 35.5. The molecule has 1 aliphatic rings. The molecule has 2 aromatic carbocycles. The average molecular weight is 448 g/mol. The summed E-state index contributed by atoms with van der Waals surface area (Å²) in [6.07, 6.45) is 0. The highest BCUT2D eigenvalue weighted by molar-refractivity contribution is 6.31. The van der Waals surface area contributed by atoms with Crippen molar-refractivity contribution in [2.45, 2.75) is 13.0 Å². The molecule has 0 radical (unpaired) electrons. The maximum absolute atomic E-state index is 12.4. The van der Waals surface area contributed by atoms with Crippen molar-refractivity contribution in [3.8, 4) is 17.2 Å². The molecule has 1 heterocycles. The van der Waals surface area contributed by atoms with E-state index in [0.717, 1.165) is 5.56 Å². The van der Waals surface area contributed by atoms with Crippen molar-refractivity contribution in [2.75, 3.05) is 45.8 Å². The van der Waals surface area contributed by atoms with E-state index in [2.05, 4.69) is 10.6 Å². The number of carbonyl (C=O) groups is 2. The van der Waals surface area contributed by atoms with Gasteiger partial charge in [-0.05, 0) is 49.9 Å². The fourth-order valence-corrected chi connectivity index (χ4v) is 3.39. The Kier molecular flexibility index (Phi) is 7.59. The van der Waals surface area contributed by atoms with Gasteiger partial charge in [0, 0.05) is 5.02 Å². The number of fused-ring (bicyclic) bond motifs is 1. The van der Waals surface area contributed by atoms with Crippen LogP contribution in [0.1, 0.15) is 18.5 Å². The van der Waals surface area contributed by atoms with E-state index in [4.69, 9.17) is 25.8 Å². The zero-order valence-electron chi connectivity index (χ0n) is 17.7. The minimum Gasteiger partial charge on any atom is -0.495 e. The normalized spacial score (nSPS) is 13.5. The van der Waals surface area contributed by atoms with Crippen LogP contribution in [0.5, 0.6) is 17.2 Å². The third kappa shape index (κ3) is 6.26. The molecule has 0 aliphatic carbocycles. The number of nitrogens with one attached hydrogen (secondary N) is 2. The molecule has 31 heavy (non-hydrogen) atoms. The van der Waals surface area contributed by atoms with Crippen LogP contribution >= 0.6 is 11.6 Å². The number of benzene rings is 2. The smallest absolute Gasteiger partial charge is 0.238 e. The van der Waals surface area contributed by atoms with Gasteiger partial charge in [-0.25, -0.2) is 0 Å². The average Bonchev–Trinajstić information content (AvgIpc) is 2.73. The fourth-order valence-electron chi connectivity index (χ4n) is 3.21. The van der Waals surface area contributed by atoms with Crippen molar-refractivity contribution in [1.29, 1.82) is 0 Å². The number of ether oxygens (including phenoxy) is 3. The molecular weight excluding hydrogens is 422 g/mol. The van der Waals surface area contributed by atoms with Gasteiger partial charge in [0.25, 0.3) is 0 Å². The summed E-state index contributed by atoms with van der Waals surface area (Å²) < 4.78 is 16.3. The molecule has 0 saturated carbocycles. The van der Waals surface area contributed by atoms with Crippen molar-refractivity contribution < 1.29 is 23.8 Å². The van der Waals surface area contributed by atoms with Crippen LogP contribution in [0.15, 0.2) is 36.4 Å². The van der Waals surface area contributed by atoms with Crippen molar-refractivity contribution in [3.63, 3.8) is 0 Å². The van der Waals surface area contributed by atoms with Gasteiger partial charge in [-0.2, -0.15) is 0 Å². The predicted molar refractivity (Wildman–Crippen MR) is 118 cm³/mol. The summed E-state index contributed by atoms with van der Waals surface area (Å²) in [5.74, 6) is 1.41. The summed E-state index contributed by atoms with van der Waals surface area (Å²) in [4.78, 5) is 26.4. The molecular formula is C22H26ClN3O5. The zero-order chi connectivity index (χ0) is 22.4. The van der Waals surface area contributed by atoms with E-state index in [1.165, 1.54) is 7.11 Å². The van der Waals surface area contributed by atoms with E-state index in [9.17, 15) is 9.59 Å². The standard InChI is InChI=1S/C22H26ClN3O5/c1-14(15-4-6-19-20(10-15)31-9-8-30-19)24-21(27)12-26(2)13-22(28)25-17-11-16(23)5-7-18(17)29-3/h4-7,10-11,14H,8-9,12-13H2,1-3H3,(H,24,27)(H,25,28)/t14-/m1/s1. The van der Waals surface area contributed by atoms with Crippen LogP contribution in [0.3, 0.4) is 0 Å². The first-order valence-electron chi connectivity index (χ1n) is 9.86. The van der Waals surface area contributed by atoms with E-state index < -0.39 is 0 Å². The van der Waals surface area contributed by atoms with Gasteiger partial charge in [0.1, 0.15) is 19.0 Å². The number of methoxy groups -OCH3 is 1. The summed E-state index contributed by atoms with van der Waals surface area (Å²) in [6, 6.07) is 10.3. The summed E-state index contributed by atoms with van der Waals surface area (Å²) >= 11 is 5.98. The Morgan fingerprint density at radius 2 is 1.81 bits per heavy atom. The molecule has 0 spiro atoms. The first-order chi connectivity index (χ1) is 14.9. The molecule has 0 saturated heterocycles. The maximum Gasteiger partial charge on any atom is 0.238 e. The number of nitrogens with zero attached hydrogens (tertiary/aromatic N) is 1. The van der Waals surface area contributed by atoms with Crippen LogP contribution < -0.4 is 24.8 Å². The van der Waals surface area contributed by atoms with Crippen LogP contribution in [-0.2, 0) is 9.59 Å². The quantitative estimate of drug-likeness (QED) is 0.646. The Morgan fingerprint density at radius 3 is 2.55 bits per heavy atom. The van der Waals surface area contributed by atoms with Crippen LogP contribution in [0, 0.1) is 0 Å². The summed E-state index contributed by atoms with van der Waals surface area (Å²) in [6.45, 7) is 3.02. The second-order valence-corrected chi connectivity index (χ2v) is 7.69. The molecule has 0 aromatic heterocycles. The van der Waals surface area contributed by atoms with Gasteiger partial charge in [0.05, 0.1) is 31.9 Å². The van der Waals surface area contributed by atoms with Gasteiger partial charge in [0.15, 0.2) is 11.5 Å². The van der Waals surface area contributed by atoms with Gasteiger partial charge < -0.3 is 24.8 Å². The van der Waals surface area contributed by atoms with Gasteiger partial charge in [0.2, 0.25) is 11.8 Å². The third-order valence-corrected chi connectivity index (χ3v) is 4.94. The molecule has 1 aliphatic heterocycles. The maximum atomic E-state index is 12.4. The SMILES string of the molecule is COc1ccc(Cl)cc1NC(=O)CN(C)CC(=O)N[C@H](C)c1ccc2c(c1)OCCO2. The van der Waals surface area contributed by atoms with Crippen molar-refractivity contribution in [1.82, 2.24) is 10.2 Å². The van der Waals surface area contributed by atoms with Crippen molar-refractivity contribution in [3.05, 3.63) is 47.0 Å². The Balaban J connectivity index is 1.50. The molecule has 1 atom stereocenters. The largest absolute Gasteiger partial charge is 0.495 e. The van der Waals surface area contributed by atoms with Crippen LogP contribution in [0.25, 0.3) is 0 Å². The monoisotopic (exact) mass is 447 g/mol. The van der Waals surface area contributed by atoms with Gasteiger partial charge in [-0.3, -0.25) is 14.5 Å². The molecule has 2 amide bonds. The number of amides is 2. The molecule has 166 valence electrons. The third-order valence-electron chi connectivity index (χ3n) is 4.71. The predicted octanol–water partition coefficient (Wildman–Crippen LogP) is 2.87. The number of anilines is 1. The van der Waals surface area contributed by atoms with Gasteiger partial charge in [-0.15, -0.1) is 0 Å². The van der Waals surface area contributed by atoms with E-state index >= 15 is 0 Å². The Hall–Kier alpha value is -2.97. The minimum atomic E-state index is -0.282. The molecule has 0 unspecified atom stereocenters. The van der Waals surface area contributed by atoms with Gasteiger partial charge in [-0.1, -0.05) is 17.7 Å². The molecule has 0 bridgehead atoms. The Bertz CT molecular complexity index is 953. The zero-order valence-corrected chi connectivity index (χ0v) is 18.5. The lowest BCUT2D eigenvalue weighted by atomic mass is 10.1. The molecule has 2 aromatic rings. The Morgan fingerprint density at radius 1 is 1.10 bits per heavy atom. The van der Waals surface area contributed by atoms with Crippen LogP contribution in [-0.4, -0.2) is 57.2 Å². The topological polar surface area (TPSA) is 89.1 Å². The number of likely N-dealkylation sites (N-methyl/N-ethyl adjacent to an activating group) is 1. The van der Waals surface area contributed by atoms with E-state index in [-0.39, 0.29) is 30.9 Å². The van der Waals surface area contributed by atoms with E-state index in [0.29, 0.717) is 41.2 Å². The first kappa shape index (κ1) is 22.7. The van der Waals surface area contributed by atoms with E-state index in [1.807, 2.05) is 25.1 Å². The summed E-state index contributed by atoms with van der Waals surface area (Å²) in [5, 5.41) is 6.17. The van der Waals surface area contributed by atoms with Crippen molar-refractivity contribution >= 4 is 29.1 Å². The van der Waals surface area contributed by atoms with Gasteiger partial charge >= 0.3 is 0 Å². The fraction of sp³-hybridized carbons (Fsp3) is 0.364. The highest BCUT2D eigenvalue weighted by Crippen LogP contribution is 2.32.